The summed E-state index contributed by atoms with van der Waals surface area (Å²) in [5.41, 5.74) is 25.4. The number of carbonyl (C=O) groups is 6. The fourth-order valence-corrected chi connectivity index (χ4v) is 6.12. The van der Waals surface area contributed by atoms with Crippen molar-refractivity contribution in [2.45, 2.75) is 43.1 Å². The van der Waals surface area contributed by atoms with Crippen molar-refractivity contribution in [2.75, 3.05) is 36.1 Å². The summed E-state index contributed by atoms with van der Waals surface area (Å²) >= 11 is 0. The van der Waals surface area contributed by atoms with Gasteiger partial charge < -0.3 is 64.6 Å². The molecule has 0 aliphatic carbocycles. The van der Waals surface area contributed by atoms with Gasteiger partial charge in [0.15, 0.2) is 0 Å². The van der Waals surface area contributed by atoms with Crippen LogP contribution in [-0.4, -0.2) is 133 Å². The SMILES string of the molecule is NC(CSSCC(N)C(=O)O)C(=O)O.NC(CSSCC(N)C(=O)O)C(=O)O.NCC(=O)O.O=C(O)[C@@H]1CCCN1. The predicted octanol–water partition coefficient (Wildman–Crippen LogP) is -2.76. The molecular weight excluding hydrogens is 633 g/mol. The fraction of sp³-hybridized carbons (Fsp3) is 0.684. The molecule has 1 rings (SSSR count). The number of carboxylic acid groups (broad SMARTS) is 6. The summed E-state index contributed by atoms with van der Waals surface area (Å²) in [4.78, 5) is 60.5. The van der Waals surface area contributed by atoms with E-state index in [0.29, 0.717) is 0 Å². The molecule has 1 aliphatic rings. The van der Waals surface area contributed by atoms with Crippen molar-refractivity contribution >= 4 is 79.0 Å². The second-order valence-corrected chi connectivity index (χ2v) is 12.6. The van der Waals surface area contributed by atoms with Crippen molar-refractivity contribution < 1.29 is 59.4 Å². The third kappa shape index (κ3) is 29.3. The zero-order chi connectivity index (χ0) is 32.5. The van der Waals surface area contributed by atoms with Crippen molar-refractivity contribution in [3.05, 3.63) is 0 Å². The van der Waals surface area contributed by atoms with Crippen LogP contribution in [-0.2, 0) is 28.8 Å². The van der Waals surface area contributed by atoms with Crippen LogP contribution in [0.25, 0.3) is 0 Å². The molecule has 0 amide bonds. The average molecular weight is 671 g/mol. The molecule has 0 aromatic rings. The van der Waals surface area contributed by atoms with Gasteiger partial charge in [-0.1, -0.05) is 43.2 Å². The van der Waals surface area contributed by atoms with Crippen LogP contribution in [0.3, 0.4) is 0 Å². The van der Waals surface area contributed by atoms with E-state index in [4.69, 9.17) is 53.6 Å². The number of hydrogen-bond donors (Lipinski definition) is 12. The highest BCUT2D eigenvalue weighted by atomic mass is 33.1. The van der Waals surface area contributed by atoms with E-state index in [0.717, 1.165) is 19.4 Å². The van der Waals surface area contributed by atoms with Crippen molar-refractivity contribution in [1.29, 1.82) is 0 Å². The van der Waals surface area contributed by atoms with Crippen molar-refractivity contribution in [1.82, 2.24) is 5.32 Å². The van der Waals surface area contributed by atoms with E-state index in [1.807, 2.05) is 0 Å². The maximum atomic E-state index is 10.3. The van der Waals surface area contributed by atoms with Crippen LogP contribution in [0.15, 0.2) is 0 Å². The van der Waals surface area contributed by atoms with E-state index in [2.05, 4.69) is 11.1 Å². The van der Waals surface area contributed by atoms with Crippen molar-refractivity contribution in [3.8, 4) is 0 Å². The predicted molar refractivity (Wildman–Crippen MR) is 158 cm³/mol. The lowest BCUT2D eigenvalue weighted by atomic mass is 10.2. The van der Waals surface area contributed by atoms with Crippen LogP contribution in [0.1, 0.15) is 12.8 Å². The Bertz CT molecular complexity index is 722. The number of nitrogens with two attached hydrogens (primary N) is 5. The molecule has 41 heavy (non-hydrogen) atoms. The lowest BCUT2D eigenvalue weighted by Crippen LogP contribution is -2.33. The van der Waals surface area contributed by atoms with Gasteiger partial charge in [0.25, 0.3) is 0 Å². The molecule has 17 N–H and O–H groups in total. The highest BCUT2D eigenvalue weighted by Crippen LogP contribution is 2.22. The van der Waals surface area contributed by atoms with E-state index in [9.17, 15) is 28.8 Å². The lowest BCUT2D eigenvalue weighted by Gasteiger charge is -2.07. The van der Waals surface area contributed by atoms with E-state index in [1.165, 1.54) is 43.2 Å². The minimum atomic E-state index is -1.07. The summed E-state index contributed by atoms with van der Waals surface area (Å²) in [5, 5.41) is 52.5. The zero-order valence-electron chi connectivity index (χ0n) is 21.7. The van der Waals surface area contributed by atoms with Crippen molar-refractivity contribution in [3.63, 3.8) is 0 Å². The first-order valence-corrected chi connectivity index (χ1v) is 16.3. The Morgan fingerprint density at radius 3 is 1.02 bits per heavy atom. The molecular formula is C19H38N6O12S4. The van der Waals surface area contributed by atoms with Gasteiger partial charge in [0, 0.05) is 23.0 Å². The molecule has 1 saturated heterocycles. The standard InChI is InChI=1S/2C6H12N2O4S2.C5H9NO2.C2H5NO2/c2*7-3(5(9)10)1-13-14-2-4(8)6(11)12;7-5(8)4-2-1-3-6-4;3-1-2(4)5/h2*3-4H,1-2,7-8H2,(H,9,10)(H,11,12);4,6H,1-3H2,(H,7,8);1,3H2,(H,4,5)/t;;4-;/m..0./s1. The lowest BCUT2D eigenvalue weighted by molar-refractivity contribution is -0.139. The van der Waals surface area contributed by atoms with Gasteiger partial charge in [-0.25, -0.2) is 0 Å². The Hall–Kier alpha value is -2.02. The number of hydrogen-bond acceptors (Lipinski definition) is 16. The van der Waals surface area contributed by atoms with Crippen LogP contribution in [0.4, 0.5) is 0 Å². The first-order chi connectivity index (χ1) is 19.0. The number of carboxylic acids is 6. The number of rotatable bonds is 16. The highest BCUT2D eigenvalue weighted by molar-refractivity contribution is 8.77. The smallest absolute Gasteiger partial charge is 0.321 e. The molecule has 0 spiro atoms. The molecule has 0 aromatic carbocycles. The van der Waals surface area contributed by atoms with Crippen LogP contribution < -0.4 is 34.0 Å². The number of aliphatic carboxylic acids is 6. The Balaban J connectivity index is -0.000000500. The average Bonchev–Trinajstić information content (AvgIpc) is 3.45. The Kier molecular flexibility index (Phi) is 28.4. The molecule has 0 bridgehead atoms. The Morgan fingerprint density at radius 2 is 0.902 bits per heavy atom. The molecule has 5 atom stereocenters. The minimum Gasteiger partial charge on any atom is -0.480 e. The van der Waals surface area contributed by atoms with Gasteiger partial charge in [0.1, 0.15) is 30.2 Å². The summed E-state index contributed by atoms with van der Waals surface area (Å²) in [5.74, 6) is -5.05. The normalized spacial score (nSPS) is 16.5. The van der Waals surface area contributed by atoms with Gasteiger partial charge in [-0.2, -0.15) is 0 Å². The largest absolute Gasteiger partial charge is 0.480 e. The van der Waals surface area contributed by atoms with Gasteiger partial charge in [-0.05, 0) is 19.4 Å². The third-order valence-electron chi connectivity index (χ3n) is 3.96. The number of nitrogens with one attached hydrogen (secondary N) is 1. The topological polar surface area (TPSA) is 366 Å². The van der Waals surface area contributed by atoms with Crippen LogP contribution >= 0.6 is 43.2 Å². The van der Waals surface area contributed by atoms with E-state index in [-0.39, 0.29) is 35.6 Å². The first kappa shape index (κ1) is 43.4. The van der Waals surface area contributed by atoms with Gasteiger partial charge in [0.2, 0.25) is 0 Å². The maximum Gasteiger partial charge on any atom is 0.321 e. The van der Waals surface area contributed by atoms with Gasteiger partial charge in [0.05, 0.1) is 6.54 Å². The third-order valence-corrected chi connectivity index (χ3v) is 8.91. The van der Waals surface area contributed by atoms with Crippen LogP contribution in [0.2, 0.25) is 0 Å². The van der Waals surface area contributed by atoms with E-state index >= 15 is 0 Å². The molecule has 22 heteroatoms. The molecule has 0 aromatic heterocycles. The summed E-state index contributed by atoms with van der Waals surface area (Å²) < 4.78 is 0. The summed E-state index contributed by atoms with van der Waals surface area (Å²) in [6, 6.07) is -3.96. The van der Waals surface area contributed by atoms with Gasteiger partial charge in [-0.3, -0.25) is 28.8 Å². The monoisotopic (exact) mass is 670 g/mol. The summed E-state index contributed by atoms with van der Waals surface area (Å²) in [7, 11) is 4.81. The zero-order valence-corrected chi connectivity index (χ0v) is 25.0. The molecule has 4 unspecified atom stereocenters. The van der Waals surface area contributed by atoms with E-state index < -0.39 is 60.0 Å². The maximum absolute atomic E-state index is 10.3. The van der Waals surface area contributed by atoms with Gasteiger partial charge >= 0.3 is 35.8 Å². The minimum absolute atomic E-state index is 0.229. The summed E-state index contributed by atoms with van der Waals surface area (Å²) in [6.07, 6.45) is 1.78. The Labute approximate surface area is 251 Å². The summed E-state index contributed by atoms with van der Waals surface area (Å²) in [6.45, 7) is 0.580. The molecule has 240 valence electrons. The molecule has 1 fully saturated rings. The van der Waals surface area contributed by atoms with E-state index in [1.54, 1.807) is 0 Å². The molecule has 1 heterocycles. The van der Waals surface area contributed by atoms with Crippen molar-refractivity contribution in [2.24, 2.45) is 28.7 Å². The molecule has 0 radical (unpaired) electrons. The highest BCUT2D eigenvalue weighted by Gasteiger charge is 2.20. The fourth-order valence-electron chi connectivity index (χ4n) is 1.67. The second-order valence-electron chi connectivity index (χ2n) is 7.50. The molecule has 18 nitrogen and oxygen atoms in total. The Morgan fingerprint density at radius 1 is 0.634 bits per heavy atom. The van der Waals surface area contributed by atoms with Crippen LogP contribution in [0, 0.1) is 0 Å². The first-order valence-electron chi connectivity index (χ1n) is 11.3. The molecule has 0 saturated carbocycles. The molecule has 1 aliphatic heterocycles. The van der Waals surface area contributed by atoms with Gasteiger partial charge in [-0.15, -0.1) is 0 Å². The second kappa shape index (κ2) is 26.9. The quantitative estimate of drug-likeness (QED) is 0.0584. The van der Waals surface area contributed by atoms with Crippen LogP contribution in [0.5, 0.6) is 0 Å².